The standard InChI is InChI=1S/C9H8N2O4/c1-15-9(14)7(13)5-6(12)8-10-3-2-4-11-8/h2-4H,5H2,1H3. The van der Waals surface area contributed by atoms with E-state index in [0.717, 1.165) is 7.11 Å². The van der Waals surface area contributed by atoms with Crippen molar-refractivity contribution in [2.75, 3.05) is 7.11 Å². The van der Waals surface area contributed by atoms with Crippen LogP contribution in [0.4, 0.5) is 0 Å². The lowest BCUT2D eigenvalue weighted by Crippen LogP contribution is -2.20. The molecular weight excluding hydrogens is 200 g/mol. The zero-order valence-electron chi connectivity index (χ0n) is 7.97. The van der Waals surface area contributed by atoms with Gasteiger partial charge in [-0.15, -0.1) is 0 Å². The number of methoxy groups -OCH3 is 1. The van der Waals surface area contributed by atoms with Gasteiger partial charge in [-0.25, -0.2) is 14.8 Å². The van der Waals surface area contributed by atoms with Crippen LogP contribution in [0.15, 0.2) is 18.5 Å². The average Bonchev–Trinajstić information content (AvgIpc) is 2.29. The molecule has 0 aliphatic rings. The summed E-state index contributed by atoms with van der Waals surface area (Å²) in [6.07, 6.45) is 2.18. The largest absolute Gasteiger partial charge is 0.463 e. The Labute approximate surface area is 85.3 Å². The lowest BCUT2D eigenvalue weighted by Gasteiger charge is -1.97. The molecule has 6 heteroatoms. The Balaban J connectivity index is 2.65. The van der Waals surface area contributed by atoms with Crippen LogP contribution >= 0.6 is 0 Å². The molecule has 6 nitrogen and oxygen atoms in total. The first-order chi connectivity index (χ1) is 7.15. The van der Waals surface area contributed by atoms with Crippen LogP contribution in [-0.2, 0) is 14.3 Å². The van der Waals surface area contributed by atoms with Gasteiger partial charge in [-0.2, -0.15) is 0 Å². The average molecular weight is 208 g/mol. The Morgan fingerprint density at radius 3 is 2.40 bits per heavy atom. The summed E-state index contributed by atoms with van der Waals surface area (Å²) in [4.78, 5) is 40.3. The molecule has 1 aromatic rings. The number of carbonyl (C=O) groups excluding carboxylic acids is 3. The number of nitrogens with zero attached hydrogens (tertiary/aromatic N) is 2. The number of ether oxygens (including phenoxy) is 1. The van der Waals surface area contributed by atoms with E-state index in [1.165, 1.54) is 12.4 Å². The monoisotopic (exact) mass is 208 g/mol. The third kappa shape index (κ3) is 2.94. The molecule has 0 saturated carbocycles. The van der Waals surface area contributed by atoms with E-state index < -0.39 is 24.0 Å². The molecule has 0 N–H and O–H groups in total. The van der Waals surface area contributed by atoms with E-state index in [1.807, 2.05) is 0 Å². The Morgan fingerprint density at radius 1 is 1.27 bits per heavy atom. The van der Waals surface area contributed by atoms with Gasteiger partial charge < -0.3 is 4.74 Å². The van der Waals surface area contributed by atoms with Gasteiger partial charge in [0.25, 0.3) is 0 Å². The molecule has 1 rings (SSSR count). The minimum Gasteiger partial charge on any atom is -0.463 e. The summed E-state index contributed by atoms with van der Waals surface area (Å²) in [7, 11) is 1.07. The minimum atomic E-state index is -1.04. The lowest BCUT2D eigenvalue weighted by molar-refractivity contribution is -0.151. The van der Waals surface area contributed by atoms with Crippen molar-refractivity contribution in [1.82, 2.24) is 9.97 Å². The van der Waals surface area contributed by atoms with Gasteiger partial charge in [-0.05, 0) is 6.07 Å². The van der Waals surface area contributed by atoms with Crippen molar-refractivity contribution in [1.29, 1.82) is 0 Å². The molecule has 0 spiro atoms. The lowest BCUT2D eigenvalue weighted by atomic mass is 10.2. The number of hydrogen-bond acceptors (Lipinski definition) is 6. The predicted molar refractivity (Wildman–Crippen MR) is 48.0 cm³/mol. The van der Waals surface area contributed by atoms with E-state index in [1.54, 1.807) is 6.07 Å². The Kier molecular flexibility index (Phi) is 3.61. The van der Waals surface area contributed by atoms with Gasteiger partial charge in [0, 0.05) is 12.4 Å². The molecule has 1 aromatic heterocycles. The fraction of sp³-hybridized carbons (Fsp3) is 0.222. The van der Waals surface area contributed by atoms with E-state index in [0.29, 0.717) is 0 Å². The van der Waals surface area contributed by atoms with Crippen molar-refractivity contribution in [3.8, 4) is 0 Å². The van der Waals surface area contributed by atoms with Gasteiger partial charge in [0.2, 0.25) is 11.6 Å². The molecule has 0 unspecified atom stereocenters. The van der Waals surface area contributed by atoms with Crippen molar-refractivity contribution >= 4 is 17.5 Å². The number of carbonyl (C=O) groups is 3. The van der Waals surface area contributed by atoms with Gasteiger partial charge in [0.15, 0.2) is 5.82 Å². The zero-order valence-corrected chi connectivity index (χ0v) is 7.97. The zero-order chi connectivity index (χ0) is 11.3. The topological polar surface area (TPSA) is 86.2 Å². The number of aromatic nitrogens is 2. The second kappa shape index (κ2) is 4.94. The predicted octanol–water partition coefficient (Wildman–Crippen LogP) is -0.209. The number of hydrogen-bond donors (Lipinski definition) is 0. The fourth-order valence-electron chi connectivity index (χ4n) is 0.854. The Bertz CT molecular complexity index is 388. The first-order valence-electron chi connectivity index (χ1n) is 4.06. The van der Waals surface area contributed by atoms with Crippen molar-refractivity contribution in [3.05, 3.63) is 24.3 Å². The first kappa shape index (κ1) is 11.0. The quantitative estimate of drug-likeness (QED) is 0.294. The van der Waals surface area contributed by atoms with Crippen LogP contribution in [0.1, 0.15) is 17.0 Å². The van der Waals surface area contributed by atoms with Gasteiger partial charge in [-0.1, -0.05) is 0 Å². The second-order valence-electron chi connectivity index (χ2n) is 2.59. The van der Waals surface area contributed by atoms with Crippen LogP contribution in [-0.4, -0.2) is 34.6 Å². The molecule has 0 aliphatic heterocycles. The molecule has 0 amide bonds. The maximum Gasteiger partial charge on any atom is 0.374 e. The highest BCUT2D eigenvalue weighted by molar-refractivity contribution is 6.37. The van der Waals surface area contributed by atoms with Gasteiger partial charge in [0.1, 0.15) is 0 Å². The van der Waals surface area contributed by atoms with Crippen molar-refractivity contribution in [2.24, 2.45) is 0 Å². The maximum absolute atomic E-state index is 11.3. The summed E-state index contributed by atoms with van der Waals surface area (Å²) in [5.74, 6) is -2.64. The highest BCUT2D eigenvalue weighted by Gasteiger charge is 2.20. The van der Waals surface area contributed by atoms with Crippen molar-refractivity contribution in [2.45, 2.75) is 6.42 Å². The normalized spacial score (nSPS) is 9.40. The first-order valence-corrected chi connectivity index (χ1v) is 4.06. The summed E-state index contributed by atoms with van der Waals surface area (Å²) >= 11 is 0. The van der Waals surface area contributed by atoms with Crippen LogP contribution in [0.5, 0.6) is 0 Å². The van der Waals surface area contributed by atoms with E-state index in [-0.39, 0.29) is 5.82 Å². The van der Waals surface area contributed by atoms with Crippen molar-refractivity contribution in [3.63, 3.8) is 0 Å². The van der Waals surface area contributed by atoms with Gasteiger partial charge in [0.05, 0.1) is 13.5 Å². The van der Waals surface area contributed by atoms with Gasteiger partial charge >= 0.3 is 5.97 Å². The number of ketones is 2. The van der Waals surface area contributed by atoms with E-state index >= 15 is 0 Å². The Hall–Kier alpha value is -2.11. The van der Waals surface area contributed by atoms with E-state index in [2.05, 4.69) is 14.7 Å². The molecule has 78 valence electrons. The molecule has 0 saturated heterocycles. The SMILES string of the molecule is COC(=O)C(=O)CC(=O)c1ncccn1. The fourth-order valence-corrected chi connectivity index (χ4v) is 0.854. The summed E-state index contributed by atoms with van der Waals surface area (Å²) < 4.78 is 4.17. The molecule has 1 heterocycles. The number of Topliss-reactive ketones (excluding diaryl/α,β-unsaturated/α-hetero) is 2. The summed E-state index contributed by atoms with van der Waals surface area (Å²) in [6.45, 7) is 0. The number of rotatable bonds is 4. The third-order valence-corrected chi connectivity index (χ3v) is 1.55. The molecule has 0 aromatic carbocycles. The molecule has 15 heavy (non-hydrogen) atoms. The molecule has 0 fully saturated rings. The molecule has 0 atom stereocenters. The molecule has 0 aliphatic carbocycles. The van der Waals surface area contributed by atoms with E-state index in [4.69, 9.17) is 0 Å². The number of esters is 1. The van der Waals surface area contributed by atoms with Crippen LogP contribution in [0.25, 0.3) is 0 Å². The van der Waals surface area contributed by atoms with E-state index in [9.17, 15) is 14.4 Å². The maximum atomic E-state index is 11.3. The minimum absolute atomic E-state index is 0.0882. The van der Waals surface area contributed by atoms with Crippen LogP contribution in [0.3, 0.4) is 0 Å². The summed E-state index contributed by atoms with van der Waals surface area (Å²) in [5, 5.41) is 0. The smallest absolute Gasteiger partial charge is 0.374 e. The highest BCUT2D eigenvalue weighted by Crippen LogP contribution is 1.97. The highest BCUT2D eigenvalue weighted by atomic mass is 16.5. The Morgan fingerprint density at radius 2 is 1.87 bits per heavy atom. The molecule has 0 radical (unpaired) electrons. The molecule has 0 bridgehead atoms. The third-order valence-electron chi connectivity index (χ3n) is 1.55. The van der Waals surface area contributed by atoms with Gasteiger partial charge in [-0.3, -0.25) is 9.59 Å². The van der Waals surface area contributed by atoms with Crippen LogP contribution < -0.4 is 0 Å². The van der Waals surface area contributed by atoms with Crippen molar-refractivity contribution < 1.29 is 19.1 Å². The van der Waals surface area contributed by atoms with Crippen LogP contribution in [0.2, 0.25) is 0 Å². The summed E-state index contributed by atoms with van der Waals surface area (Å²) in [5.41, 5.74) is 0. The second-order valence-corrected chi connectivity index (χ2v) is 2.59. The van der Waals surface area contributed by atoms with Crippen LogP contribution in [0, 0.1) is 0 Å². The summed E-state index contributed by atoms with van der Waals surface area (Å²) in [6, 6.07) is 1.54. The molecular formula is C9H8N2O4.